The monoisotopic (exact) mass is 168 g/mol. The third-order valence-electron chi connectivity index (χ3n) is 2.61. The quantitative estimate of drug-likeness (QED) is 0.515. The number of terminal acetylenes is 1. The van der Waals surface area contributed by atoms with Crippen LogP contribution in [0.1, 0.15) is 34.6 Å². The summed E-state index contributed by atoms with van der Waals surface area (Å²) in [4.78, 5) is 0. The molecule has 68 valence electrons. The summed E-state index contributed by atoms with van der Waals surface area (Å²) in [5, 5.41) is 0. The third-order valence-corrected chi connectivity index (χ3v) is 2.61. The van der Waals surface area contributed by atoms with Crippen LogP contribution in [0.2, 0.25) is 0 Å². The number of hydrogen-bond donors (Lipinski definition) is 0. The van der Waals surface area contributed by atoms with Crippen LogP contribution in [0.5, 0.6) is 0 Å². The van der Waals surface area contributed by atoms with E-state index in [0.29, 0.717) is 0 Å². The molecule has 0 bridgehead atoms. The number of ether oxygens (including phenoxy) is 2. The van der Waals surface area contributed by atoms with Gasteiger partial charge in [0.15, 0.2) is 0 Å². The SMILES string of the molecule is C#CC1(C)OC(C)(C)C(C)(C)O1. The van der Waals surface area contributed by atoms with Crippen LogP contribution in [0.25, 0.3) is 0 Å². The molecule has 1 fully saturated rings. The summed E-state index contributed by atoms with van der Waals surface area (Å²) in [6, 6.07) is 0. The Labute approximate surface area is 74.2 Å². The fraction of sp³-hybridized carbons (Fsp3) is 0.800. The van der Waals surface area contributed by atoms with Crippen LogP contribution >= 0.6 is 0 Å². The molecule has 2 nitrogen and oxygen atoms in total. The molecule has 0 spiro atoms. The van der Waals surface area contributed by atoms with Crippen molar-refractivity contribution in [2.24, 2.45) is 0 Å². The molecule has 1 aliphatic heterocycles. The first-order valence-corrected chi connectivity index (χ1v) is 4.11. The van der Waals surface area contributed by atoms with Gasteiger partial charge in [0.05, 0.1) is 11.2 Å². The molecule has 0 aromatic carbocycles. The van der Waals surface area contributed by atoms with Crippen molar-refractivity contribution in [3.05, 3.63) is 0 Å². The average Bonchev–Trinajstić information content (AvgIpc) is 1.99. The summed E-state index contributed by atoms with van der Waals surface area (Å²) >= 11 is 0. The molecule has 2 heteroatoms. The lowest BCUT2D eigenvalue weighted by molar-refractivity contribution is -0.132. The largest absolute Gasteiger partial charge is 0.331 e. The normalized spacial score (nSPS) is 29.7. The molecule has 1 heterocycles. The van der Waals surface area contributed by atoms with E-state index in [9.17, 15) is 0 Å². The van der Waals surface area contributed by atoms with Gasteiger partial charge in [0.25, 0.3) is 0 Å². The first-order valence-electron chi connectivity index (χ1n) is 4.11. The maximum atomic E-state index is 5.64. The van der Waals surface area contributed by atoms with E-state index in [1.165, 1.54) is 0 Å². The summed E-state index contributed by atoms with van der Waals surface area (Å²) in [7, 11) is 0. The summed E-state index contributed by atoms with van der Waals surface area (Å²) in [6.07, 6.45) is 5.31. The van der Waals surface area contributed by atoms with Gasteiger partial charge in [0.2, 0.25) is 5.79 Å². The van der Waals surface area contributed by atoms with E-state index < -0.39 is 5.79 Å². The molecule has 0 aromatic heterocycles. The van der Waals surface area contributed by atoms with Crippen molar-refractivity contribution in [2.75, 3.05) is 0 Å². The van der Waals surface area contributed by atoms with Crippen LogP contribution in [-0.2, 0) is 9.47 Å². The van der Waals surface area contributed by atoms with Crippen molar-refractivity contribution in [1.29, 1.82) is 0 Å². The highest BCUT2D eigenvalue weighted by Gasteiger charge is 2.54. The summed E-state index contributed by atoms with van der Waals surface area (Å²) in [5.74, 6) is 1.64. The lowest BCUT2D eigenvalue weighted by Gasteiger charge is -2.30. The van der Waals surface area contributed by atoms with Gasteiger partial charge >= 0.3 is 0 Å². The van der Waals surface area contributed by atoms with Gasteiger partial charge in [-0.15, -0.1) is 6.42 Å². The maximum absolute atomic E-state index is 5.64. The highest BCUT2D eigenvalue weighted by atomic mass is 16.8. The Morgan fingerprint density at radius 2 is 1.25 bits per heavy atom. The molecule has 0 atom stereocenters. The minimum atomic E-state index is -0.868. The Bertz CT molecular complexity index is 217. The Hall–Kier alpha value is -0.520. The fourth-order valence-corrected chi connectivity index (χ4v) is 1.30. The highest BCUT2D eigenvalue weighted by molar-refractivity contribution is 5.09. The van der Waals surface area contributed by atoms with Gasteiger partial charge in [-0.2, -0.15) is 0 Å². The molecule has 0 saturated carbocycles. The second kappa shape index (κ2) is 2.25. The van der Waals surface area contributed by atoms with Crippen LogP contribution in [0.15, 0.2) is 0 Å². The second-order valence-corrected chi connectivity index (χ2v) is 4.31. The molecule has 1 saturated heterocycles. The minimum absolute atomic E-state index is 0.339. The molecule has 0 unspecified atom stereocenters. The van der Waals surface area contributed by atoms with Crippen LogP contribution in [0.3, 0.4) is 0 Å². The molecule has 0 amide bonds. The maximum Gasteiger partial charge on any atom is 0.231 e. The van der Waals surface area contributed by atoms with Crippen molar-refractivity contribution in [3.8, 4) is 12.3 Å². The van der Waals surface area contributed by atoms with Gasteiger partial charge in [-0.1, -0.05) is 0 Å². The predicted molar refractivity (Wildman–Crippen MR) is 47.6 cm³/mol. The van der Waals surface area contributed by atoms with E-state index in [1.54, 1.807) is 6.92 Å². The Morgan fingerprint density at radius 1 is 0.917 bits per heavy atom. The summed E-state index contributed by atoms with van der Waals surface area (Å²) < 4.78 is 11.3. The van der Waals surface area contributed by atoms with Crippen LogP contribution < -0.4 is 0 Å². The van der Waals surface area contributed by atoms with Crippen LogP contribution in [-0.4, -0.2) is 17.0 Å². The Morgan fingerprint density at radius 3 is 1.42 bits per heavy atom. The minimum Gasteiger partial charge on any atom is -0.331 e. The Balaban J connectivity index is 2.97. The zero-order valence-electron chi connectivity index (χ0n) is 8.39. The van der Waals surface area contributed by atoms with Gasteiger partial charge in [0.1, 0.15) is 0 Å². The van der Waals surface area contributed by atoms with E-state index in [1.807, 2.05) is 27.7 Å². The van der Waals surface area contributed by atoms with Gasteiger partial charge in [-0.25, -0.2) is 0 Å². The van der Waals surface area contributed by atoms with Gasteiger partial charge in [0, 0.05) is 6.92 Å². The first-order chi connectivity index (χ1) is 5.22. The number of hydrogen-bond acceptors (Lipinski definition) is 2. The molecular weight excluding hydrogens is 152 g/mol. The third kappa shape index (κ3) is 1.24. The van der Waals surface area contributed by atoms with Crippen molar-refractivity contribution >= 4 is 0 Å². The molecule has 12 heavy (non-hydrogen) atoms. The summed E-state index contributed by atoms with van der Waals surface area (Å²) in [6.45, 7) is 9.69. The molecule has 1 rings (SSSR count). The first kappa shape index (κ1) is 9.57. The van der Waals surface area contributed by atoms with E-state index in [4.69, 9.17) is 15.9 Å². The Kier molecular flexibility index (Phi) is 1.79. The smallest absolute Gasteiger partial charge is 0.231 e. The summed E-state index contributed by atoms with van der Waals surface area (Å²) in [5.41, 5.74) is -0.678. The van der Waals surface area contributed by atoms with Gasteiger partial charge < -0.3 is 9.47 Å². The van der Waals surface area contributed by atoms with Crippen LogP contribution in [0, 0.1) is 12.3 Å². The zero-order chi connectivity index (χ0) is 9.62. The van der Waals surface area contributed by atoms with E-state index in [0.717, 1.165) is 0 Å². The molecule has 0 aliphatic carbocycles. The van der Waals surface area contributed by atoms with Crippen molar-refractivity contribution < 1.29 is 9.47 Å². The molecule has 0 aromatic rings. The van der Waals surface area contributed by atoms with Gasteiger partial charge in [-0.05, 0) is 33.6 Å². The van der Waals surface area contributed by atoms with E-state index in [-0.39, 0.29) is 11.2 Å². The van der Waals surface area contributed by atoms with Crippen molar-refractivity contribution in [2.45, 2.75) is 51.6 Å². The average molecular weight is 168 g/mol. The molecule has 0 N–H and O–H groups in total. The van der Waals surface area contributed by atoms with Crippen molar-refractivity contribution in [1.82, 2.24) is 0 Å². The topological polar surface area (TPSA) is 18.5 Å². The standard InChI is InChI=1S/C10H16O2/c1-7-10(6)11-8(2,3)9(4,5)12-10/h1H,2-6H3. The molecular formula is C10H16O2. The van der Waals surface area contributed by atoms with Crippen molar-refractivity contribution in [3.63, 3.8) is 0 Å². The zero-order valence-corrected chi connectivity index (χ0v) is 8.39. The second-order valence-electron chi connectivity index (χ2n) is 4.31. The van der Waals surface area contributed by atoms with E-state index in [2.05, 4.69) is 5.92 Å². The molecule has 1 aliphatic rings. The highest BCUT2D eigenvalue weighted by Crippen LogP contribution is 2.43. The fourth-order valence-electron chi connectivity index (χ4n) is 1.30. The predicted octanol–water partition coefficient (Wildman–Crippen LogP) is 1.94. The van der Waals surface area contributed by atoms with Crippen LogP contribution in [0.4, 0.5) is 0 Å². The molecule has 0 radical (unpaired) electrons. The lowest BCUT2D eigenvalue weighted by Crippen LogP contribution is -2.41. The van der Waals surface area contributed by atoms with E-state index >= 15 is 0 Å². The van der Waals surface area contributed by atoms with Gasteiger partial charge in [-0.3, -0.25) is 0 Å². The lowest BCUT2D eigenvalue weighted by atomic mass is 9.90. The number of rotatable bonds is 0.